The van der Waals surface area contributed by atoms with Crippen LogP contribution in [0.15, 0.2) is 34.5 Å². The van der Waals surface area contributed by atoms with Crippen LogP contribution in [0.5, 0.6) is 0 Å². The second-order valence-corrected chi connectivity index (χ2v) is 5.13. The Hall–Kier alpha value is -1.71. The fourth-order valence-corrected chi connectivity index (χ4v) is 2.35. The third-order valence-electron chi connectivity index (χ3n) is 3.54. The number of hydrogen-bond donors (Lipinski definition) is 1. The fraction of sp³-hybridized carbons (Fsp3) is 0.533. The number of furan rings is 1. The van der Waals surface area contributed by atoms with Gasteiger partial charge >= 0.3 is 6.03 Å². The van der Waals surface area contributed by atoms with Crippen molar-refractivity contribution in [1.29, 1.82) is 0 Å². The van der Waals surface area contributed by atoms with Crippen LogP contribution in [0.1, 0.15) is 38.4 Å². The monoisotopic (exact) mass is 262 g/mol. The summed E-state index contributed by atoms with van der Waals surface area (Å²) in [5, 5.41) is 3.04. The highest BCUT2D eigenvalue weighted by Crippen LogP contribution is 2.20. The van der Waals surface area contributed by atoms with E-state index in [2.05, 4.69) is 18.3 Å². The number of nitrogens with zero attached hydrogens (tertiary/aromatic N) is 1. The molecular formula is C15H22N2O2. The molecule has 1 aromatic heterocycles. The van der Waals surface area contributed by atoms with Gasteiger partial charge in [0.15, 0.2) is 0 Å². The minimum atomic E-state index is -0.0598. The predicted octanol–water partition coefficient (Wildman–Crippen LogP) is 3.31. The van der Waals surface area contributed by atoms with Crippen molar-refractivity contribution in [3.63, 3.8) is 0 Å². The molecule has 2 amide bonds. The molecule has 1 heterocycles. The molecule has 1 N–H and O–H groups in total. The molecule has 19 heavy (non-hydrogen) atoms. The fourth-order valence-electron chi connectivity index (χ4n) is 2.35. The van der Waals surface area contributed by atoms with Crippen LogP contribution < -0.4 is 5.32 Å². The van der Waals surface area contributed by atoms with Gasteiger partial charge in [-0.05, 0) is 44.7 Å². The summed E-state index contributed by atoms with van der Waals surface area (Å²) in [5.41, 5.74) is 1.35. The van der Waals surface area contributed by atoms with E-state index >= 15 is 0 Å². The standard InChI is InChI=1S/C15H22N2O2/c1-12(13-7-4-3-5-8-13)16-15(18)17(2)11-14-9-6-10-19-14/h6-7,9-10,12H,3-5,8,11H2,1-2H3,(H,16,18)/t12-/m1/s1. The Balaban J connectivity index is 1.84. The molecule has 0 aliphatic heterocycles. The maximum absolute atomic E-state index is 12.1. The number of amides is 2. The van der Waals surface area contributed by atoms with E-state index in [0.717, 1.165) is 18.6 Å². The summed E-state index contributed by atoms with van der Waals surface area (Å²) in [6, 6.07) is 3.76. The third kappa shape index (κ3) is 3.88. The first-order valence-corrected chi connectivity index (χ1v) is 6.90. The van der Waals surface area contributed by atoms with Gasteiger partial charge in [0, 0.05) is 13.1 Å². The number of allylic oxidation sites excluding steroid dienone is 1. The summed E-state index contributed by atoms with van der Waals surface area (Å²) in [7, 11) is 1.78. The normalized spacial score (nSPS) is 16.6. The molecule has 0 fully saturated rings. The predicted molar refractivity (Wildman–Crippen MR) is 74.7 cm³/mol. The lowest BCUT2D eigenvalue weighted by molar-refractivity contribution is 0.201. The van der Waals surface area contributed by atoms with Crippen LogP contribution in [-0.4, -0.2) is 24.0 Å². The van der Waals surface area contributed by atoms with Crippen molar-refractivity contribution >= 4 is 6.03 Å². The molecule has 1 aliphatic carbocycles. The first-order chi connectivity index (χ1) is 9.16. The molecule has 2 rings (SSSR count). The van der Waals surface area contributed by atoms with Crippen LogP contribution in [0.25, 0.3) is 0 Å². The largest absolute Gasteiger partial charge is 0.467 e. The first-order valence-electron chi connectivity index (χ1n) is 6.90. The van der Waals surface area contributed by atoms with Crippen LogP contribution in [-0.2, 0) is 6.54 Å². The molecule has 0 saturated carbocycles. The zero-order chi connectivity index (χ0) is 13.7. The van der Waals surface area contributed by atoms with Gasteiger partial charge in [0.25, 0.3) is 0 Å². The van der Waals surface area contributed by atoms with Crippen LogP contribution in [0.2, 0.25) is 0 Å². The summed E-state index contributed by atoms with van der Waals surface area (Å²) in [6.45, 7) is 2.54. The van der Waals surface area contributed by atoms with Gasteiger partial charge in [0.1, 0.15) is 5.76 Å². The van der Waals surface area contributed by atoms with Crippen molar-refractivity contribution in [2.45, 2.75) is 45.2 Å². The van der Waals surface area contributed by atoms with E-state index in [-0.39, 0.29) is 12.1 Å². The average molecular weight is 262 g/mol. The second kappa shape index (κ2) is 6.45. The number of urea groups is 1. The highest BCUT2D eigenvalue weighted by Gasteiger charge is 2.16. The zero-order valence-corrected chi connectivity index (χ0v) is 11.7. The summed E-state index contributed by atoms with van der Waals surface area (Å²) in [5.74, 6) is 0.794. The lowest BCUT2D eigenvalue weighted by atomic mass is 9.95. The number of carbonyl (C=O) groups is 1. The highest BCUT2D eigenvalue weighted by atomic mass is 16.3. The molecule has 1 aliphatic rings. The van der Waals surface area contributed by atoms with Crippen molar-refractivity contribution in [3.8, 4) is 0 Å². The molecule has 4 heteroatoms. The Bertz CT molecular complexity index is 437. The van der Waals surface area contributed by atoms with Gasteiger partial charge in [-0.1, -0.05) is 11.6 Å². The van der Waals surface area contributed by atoms with Gasteiger partial charge in [-0.3, -0.25) is 0 Å². The number of nitrogens with one attached hydrogen (secondary N) is 1. The smallest absolute Gasteiger partial charge is 0.318 e. The number of carbonyl (C=O) groups excluding carboxylic acids is 1. The minimum absolute atomic E-state index is 0.0598. The maximum atomic E-state index is 12.1. The van der Waals surface area contributed by atoms with E-state index < -0.39 is 0 Å². The summed E-state index contributed by atoms with van der Waals surface area (Å²) in [4.78, 5) is 13.7. The Morgan fingerprint density at radius 2 is 2.37 bits per heavy atom. The Morgan fingerprint density at radius 3 is 3.00 bits per heavy atom. The van der Waals surface area contributed by atoms with Gasteiger partial charge in [-0.15, -0.1) is 0 Å². The number of rotatable bonds is 4. The van der Waals surface area contributed by atoms with Crippen LogP contribution in [0.4, 0.5) is 4.79 Å². The molecule has 0 unspecified atom stereocenters. The van der Waals surface area contributed by atoms with E-state index in [1.807, 2.05) is 12.1 Å². The van der Waals surface area contributed by atoms with Gasteiger partial charge < -0.3 is 14.6 Å². The topological polar surface area (TPSA) is 45.5 Å². The van der Waals surface area contributed by atoms with E-state index in [4.69, 9.17) is 4.42 Å². The Labute approximate surface area is 114 Å². The molecule has 0 aromatic carbocycles. The van der Waals surface area contributed by atoms with Crippen molar-refractivity contribution in [3.05, 3.63) is 35.8 Å². The van der Waals surface area contributed by atoms with Crippen molar-refractivity contribution in [2.75, 3.05) is 7.05 Å². The zero-order valence-electron chi connectivity index (χ0n) is 11.7. The molecule has 0 bridgehead atoms. The Kier molecular flexibility index (Phi) is 4.66. The van der Waals surface area contributed by atoms with Gasteiger partial charge in [-0.25, -0.2) is 4.79 Å². The maximum Gasteiger partial charge on any atom is 0.318 e. The third-order valence-corrected chi connectivity index (χ3v) is 3.54. The highest BCUT2D eigenvalue weighted by molar-refractivity contribution is 5.74. The van der Waals surface area contributed by atoms with Gasteiger partial charge in [-0.2, -0.15) is 0 Å². The molecule has 104 valence electrons. The van der Waals surface area contributed by atoms with E-state index in [1.165, 1.54) is 18.4 Å². The number of hydrogen-bond acceptors (Lipinski definition) is 2. The van der Waals surface area contributed by atoms with E-state index in [0.29, 0.717) is 6.54 Å². The van der Waals surface area contributed by atoms with Gasteiger partial charge in [0.2, 0.25) is 0 Å². The summed E-state index contributed by atoms with van der Waals surface area (Å²) in [6.07, 6.45) is 8.62. The van der Waals surface area contributed by atoms with Crippen molar-refractivity contribution in [2.24, 2.45) is 0 Å². The SMILES string of the molecule is C[C@@H](NC(=O)N(C)Cc1ccco1)C1=CCCCC1. The minimum Gasteiger partial charge on any atom is -0.467 e. The quantitative estimate of drug-likeness (QED) is 0.846. The van der Waals surface area contributed by atoms with E-state index in [1.54, 1.807) is 18.2 Å². The summed E-state index contributed by atoms with van der Waals surface area (Å²) < 4.78 is 5.24. The first kappa shape index (κ1) is 13.7. The van der Waals surface area contributed by atoms with Crippen LogP contribution in [0.3, 0.4) is 0 Å². The molecule has 0 spiro atoms. The van der Waals surface area contributed by atoms with Crippen LogP contribution >= 0.6 is 0 Å². The molecule has 0 radical (unpaired) electrons. The summed E-state index contributed by atoms with van der Waals surface area (Å²) >= 11 is 0. The van der Waals surface area contributed by atoms with E-state index in [9.17, 15) is 4.79 Å². The molecule has 1 atom stereocenters. The average Bonchev–Trinajstić information content (AvgIpc) is 2.92. The lowest BCUT2D eigenvalue weighted by Gasteiger charge is -2.24. The van der Waals surface area contributed by atoms with Crippen molar-refractivity contribution < 1.29 is 9.21 Å². The molecule has 1 aromatic rings. The van der Waals surface area contributed by atoms with Gasteiger partial charge in [0.05, 0.1) is 12.8 Å². The second-order valence-electron chi connectivity index (χ2n) is 5.13. The lowest BCUT2D eigenvalue weighted by Crippen LogP contribution is -2.42. The molecular weight excluding hydrogens is 240 g/mol. The molecule has 4 nitrogen and oxygen atoms in total. The molecule has 0 saturated heterocycles. The Morgan fingerprint density at radius 1 is 1.53 bits per heavy atom. The van der Waals surface area contributed by atoms with Crippen LogP contribution in [0, 0.1) is 0 Å². The van der Waals surface area contributed by atoms with Crippen molar-refractivity contribution in [1.82, 2.24) is 10.2 Å².